The Balaban J connectivity index is 1.78. The molecule has 2 aromatic carbocycles. The van der Waals surface area contributed by atoms with Crippen LogP contribution >= 0.6 is 0 Å². The summed E-state index contributed by atoms with van der Waals surface area (Å²) in [5.41, 5.74) is 2.67. The monoisotopic (exact) mass is 479 g/mol. The lowest BCUT2D eigenvalue weighted by atomic mass is 10.0. The molecular weight excluding hydrogens is 457 g/mol. The molecule has 1 unspecified atom stereocenters. The summed E-state index contributed by atoms with van der Waals surface area (Å²) in [5, 5.41) is 13.2. The van der Waals surface area contributed by atoms with Gasteiger partial charge in [-0.05, 0) is 62.7 Å². The zero-order chi connectivity index (χ0) is 25.2. The van der Waals surface area contributed by atoms with Gasteiger partial charge in [-0.1, -0.05) is 11.8 Å². The number of methoxy groups -OCH3 is 1. The second-order valence-electron chi connectivity index (χ2n) is 8.55. The number of ether oxygens (including phenoxy) is 1. The fraction of sp³-hybridized carbons (Fsp3) is 0.214. The molecule has 1 aliphatic heterocycles. The first-order chi connectivity index (χ1) is 17.5. The first-order valence-electron chi connectivity index (χ1n) is 11.5. The van der Waals surface area contributed by atoms with Crippen LogP contribution in [-0.4, -0.2) is 28.2 Å². The molecule has 0 spiro atoms. The molecular formula is C28H22FN5O2. The smallest absolute Gasteiger partial charge is 0.266 e. The molecule has 0 radical (unpaired) electrons. The van der Waals surface area contributed by atoms with E-state index in [-0.39, 0.29) is 22.7 Å². The highest BCUT2D eigenvalue weighted by atomic mass is 19.1. The molecule has 0 saturated carbocycles. The number of aromatic nitrogens is 3. The van der Waals surface area contributed by atoms with Crippen LogP contribution in [0.15, 0.2) is 53.5 Å². The second-order valence-corrected chi connectivity index (χ2v) is 8.55. The molecule has 5 rings (SSSR count). The normalized spacial score (nSPS) is 14.8. The molecule has 1 atom stereocenters. The van der Waals surface area contributed by atoms with Crippen molar-refractivity contribution in [1.82, 2.24) is 19.9 Å². The number of halogens is 1. The van der Waals surface area contributed by atoms with Gasteiger partial charge in [0.1, 0.15) is 5.82 Å². The Morgan fingerprint density at radius 2 is 2.03 bits per heavy atom. The summed E-state index contributed by atoms with van der Waals surface area (Å²) < 4.78 is 21.1. The molecule has 3 heterocycles. The van der Waals surface area contributed by atoms with Crippen LogP contribution in [0.3, 0.4) is 0 Å². The van der Waals surface area contributed by atoms with Crippen LogP contribution in [-0.2, 0) is 0 Å². The Morgan fingerprint density at radius 3 is 2.69 bits per heavy atom. The Kier molecular flexibility index (Phi) is 6.20. The van der Waals surface area contributed by atoms with E-state index in [4.69, 9.17) is 9.72 Å². The van der Waals surface area contributed by atoms with E-state index in [0.717, 1.165) is 25.1 Å². The van der Waals surface area contributed by atoms with Crippen molar-refractivity contribution in [2.45, 2.75) is 25.8 Å². The summed E-state index contributed by atoms with van der Waals surface area (Å²) in [5.74, 6) is 6.10. The summed E-state index contributed by atoms with van der Waals surface area (Å²) in [7, 11) is 1.38. The molecule has 1 fully saturated rings. The molecule has 0 bridgehead atoms. The number of benzene rings is 2. The third-order valence-corrected chi connectivity index (χ3v) is 6.15. The van der Waals surface area contributed by atoms with Crippen molar-refractivity contribution in [3.63, 3.8) is 0 Å². The van der Waals surface area contributed by atoms with Gasteiger partial charge >= 0.3 is 0 Å². The lowest BCUT2D eigenvalue weighted by molar-refractivity contribution is 0.386. The van der Waals surface area contributed by atoms with Crippen molar-refractivity contribution in [3.05, 3.63) is 93.0 Å². The van der Waals surface area contributed by atoms with Crippen molar-refractivity contribution >= 4 is 10.9 Å². The molecule has 4 aromatic rings. The van der Waals surface area contributed by atoms with E-state index in [2.05, 4.69) is 28.2 Å². The average Bonchev–Trinajstić information content (AvgIpc) is 3.43. The van der Waals surface area contributed by atoms with Crippen LogP contribution in [0.2, 0.25) is 0 Å². The maximum Gasteiger partial charge on any atom is 0.266 e. The largest absolute Gasteiger partial charge is 0.494 e. The lowest BCUT2D eigenvalue weighted by Gasteiger charge is -2.19. The first kappa shape index (κ1) is 23.2. The highest BCUT2D eigenvalue weighted by molar-refractivity contribution is 5.86. The van der Waals surface area contributed by atoms with Gasteiger partial charge in [-0.2, -0.15) is 5.26 Å². The summed E-state index contributed by atoms with van der Waals surface area (Å²) in [4.78, 5) is 23.0. The first-order valence-corrected chi connectivity index (χ1v) is 11.5. The van der Waals surface area contributed by atoms with Gasteiger partial charge in [-0.3, -0.25) is 14.3 Å². The highest BCUT2D eigenvalue weighted by Gasteiger charge is 2.25. The van der Waals surface area contributed by atoms with Crippen molar-refractivity contribution in [2.75, 3.05) is 13.7 Å². The summed E-state index contributed by atoms with van der Waals surface area (Å²) >= 11 is 0. The number of nitrogens with zero attached hydrogens (tertiary/aromatic N) is 4. The van der Waals surface area contributed by atoms with Gasteiger partial charge in [0.25, 0.3) is 5.56 Å². The van der Waals surface area contributed by atoms with E-state index in [1.165, 1.54) is 29.9 Å². The number of nitrogens with one attached hydrogen (secondary N) is 1. The highest BCUT2D eigenvalue weighted by Crippen LogP contribution is 2.28. The number of rotatable bonds is 3. The topological polar surface area (TPSA) is 92.8 Å². The molecule has 1 saturated heterocycles. The number of aryl methyl sites for hydroxylation is 1. The average molecular weight is 480 g/mol. The predicted molar refractivity (Wildman–Crippen MR) is 133 cm³/mol. The third kappa shape index (κ3) is 4.31. The molecule has 8 heteroatoms. The zero-order valence-corrected chi connectivity index (χ0v) is 19.8. The van der Waals surface area contributed by atoms with Crippen LogP contribution in [0, 0.1) is 35.9 Å². The van der Waals surface area contributed by atoms with Crippen molar-refractivity contribution in [1.29, 1.82) is 5.26 Å². The van der Waals surface area contributed by atoms with E-state index in [1.54, 1.807) is 18.3 Å². The lowest BCUT2D eigenvalue weighted by Crippen LogP contribution is -2.29. The maximum absolute atomic E-state index is 14.6. The fourth-order valence-electron chi connectivity index (χ4n) is 4.33. The van der Waals surface area contributed by atoms with Gasteiger partial charge in [0.2, 0.25) is 0 Å². The Labute approximate surface area is 207 Å². The van der Waals surface area contributed by atoms with Crippen molar-refractivity contribution in [3.8, 4) is 29.3 Å². The van der Waals surface area contributed by atoms with Gasteiger partial charge in [0.15, 0.2) is 11.6 Å². The predicted octanol–water partition coefficient (Wildman–Crippen LogP) is 3.93. The van der Waals surface area contributed by atoms with Gasteiger partial charge in [0, 0.05) is 23.5 Å². The zero-order valence-electron chi connectivity index (χ0n) is 19.8. The maximum atomic E-state index is 14.6. The van der Waals surface area contributed by atoms with E-state index < -0.39 is 11.4 Å². The molecule has 1 aliphatic rings. The molecule has 2 aromatic heterocycles. The van der Waals surface area contributed by atoms with Crippen LogP contribution in [0.1, 0.15) is 47.1 Å². The summed E-state index contributed by atoms with van der Waals surface area (Å²) in [6, 6.07) is 13.1. The van der Waals surface area contributed by atoms with Crippen LogP contribution in [0.4, 0.5) is 4.39 Å². The fourth-order valence-corrected chi connectivity index (χ4v) is 4.33. The minimum Gasteiger partial charge on any atom is -0.494 e. The van der Waals surface area contributed by atoms with E-state index in [9.17, 15) is 14.4 Å². The number of hydrogen-bond acceptors (Lipinski definition) is 6. The number of nitriles is 1. The minimum absolute atomic E-state index is 0.0796. The van der Waals surface area contributed by atoms with Crippen LogP contribution in [0.25, 0.3) is 16.6 Å². The summed E-state index contributed by atoms with van der Waals surface area (Å²) in [6.07, 6.45) is 3.38. The van der Waals surface area contributed by atoms with Gasteiger partial charge in [-0.25, -0.2) is 9.37 Å². The molecule has 1 N–H and O–H groups in total. The Hall–Kier alpha value is -4.53. The van der Waals surface area contributed by atoms with E-state index in [1.807, 2.05) is 19.1 Å². The molecule has 178 valence electrons. The molecule has 0 aliphatic carbocycles. The molecule has 36 heavy (non-hydrogen) atoms. The van der Waals surface area contributed by atoms with Crippen molar-refractivity contribution < 1.29 is 9.13 Å². The van der Waals surface area contributed by atoms with E-state index in [0.29, 0.717) is 28.2 Å². The van der Waals surface area contributed by atoms with E-state index >= 15 is 0 Å². The van der Waals surface area contributed by atoms with Crippen molar-refractivity contribution in [2.24, 2.45) is 0 Å². The minimum atomic E-state index is -0.587. The van der Waals surface area contributed by atoms with Crippen LogP contribution in [0.5, 0.6) is 5.75 Å². The number of pyridine rings is 1. The SMILES string of the molecule is COc1ccc(-n2c(C3CCCN3)nc3c(C#Cc4ccc(C)nc4)cc(C#N)cc3c2=O)cc1F. The quantitative estimate of drug-likeness (QED) is 0.448. The number of fused-ring (bicyclic) bond motifs is 1. The molecule has 0 amide bonds. The Morgan fingerprint density at radius 1 is 1.17 bits per heavy atom. The van der Waals surface area contributed by atoms with Gasteiger partial charge < -0.3 is 10.1 Å². The summed E-state index contributed by atoms with van der Waals surface area (Å²) in [6.45, 7) is 2.68. The number of hydrogen-bond donors (Lipinski definition) is 1. The standard InChI is InChI=1S/C28H22FN5O2/c1-17-5-6-18(16-32-17)7-8-20-12-19(15-30)13-22-26(20)33-27(24-4-3-11-31-24)34(28(22)35)21-9-10-25(36-2)23(29)14-21/h5-6,9-10,12-14,16,24,31H,3-4,11H2,1-2H3. The van der Waals surface area contributed by atoms with Crippen LogP contribution < -0.4 is 15.6 Å². The molecule has 7 nitrogen and oxygen atoms in total. The third-order valence-electron chi connectivity index (χ3n) is 6.15. The Bertz CT molecular complexity index is 1640. The van der Waals surface area contributed by atoms with Gasteiger partial charge in [0.05, 0.1) is 46.9 Å². The van der Waals surface area contributed by atoms with Gasteiger partial charge in [-0.15, -0.1) is 0 Å². The second kappa shape index (κ2) is 9.61.